The lowest BCUT2D eigenvalue weighted by atomic mass is 9.95. The summed E-state index contributed by atoms with van der Waals surface area (Å²) >= 11 is 1.46. The van der Waals surface area contributed by atoms with Gasteiger partial charge in [-0.15, -0.1) is 0 Å². The van der Waals surface area contributed by atoms with E-state index in [-0.39, 0.29) is 17.9 Å². The summed E-state index contributed by atoms with van der Waals surface area (Å²) in [5, 5.41) is 4.14. The van der Waals surface area contributed by atoms with Gasteiger partial charge in [0.05, 0.1) is 6.04 Å². The van der Waals surface area contributed by atoms with Gasteiger partial charge >= 0.3 is 0 Å². The Kier molecular flexibility index (Phi) is 6.43. The predicted molar refractivity (Wildman–Crippen MR) is 122 cm³/mol. The molecule has 4 rings (SSSR count). The highest BCUT2D eigenvalue weighted by molar-refractivity contribution is 7.09. The second kappa shape index (κ2) is 9.39. The minimum atomic E-state index is 0.0317. The van der Waals surface area contributed by atoms with Gasteiger partial charge in [-0.1, -0.05) is 60.2 Å². The van der Waals surface area contributed by atoms with Crippen molar-refractivity contribution in [1.82, 2.24) is 14.7 Å². The fourth-order valence-corrected chi connectivity index (χ4v) is 4.56. The van der Waals surface area contributed by atoms with Crippen molar-refractivity contribution in [2.24, 2.45) is 5.92 Å². The van der Waals surface area contributed by atoms with Gasteiger partial charge in [-0.05, 0) is 37.8 Å². The second-order valence-electron chi connectivity index (χ2n) is 8.06. The zero-order valence-electron chi connectivity index (χ0n) is 17.5. The summed E-state index contributed by atoms with van der Waals surface area (Å²) in [6.07, 6.45) is 2.45. The van der Waals surface area contributed by atoms with E-state index in [9.17, 15) is 4.79 Å². The van der Waals surface area contributed by atoms with Gasteiger partial charge < -0.3 is 10.2 Å². The van der Waals surface area contributed by atoms with Crippen LogP contribution in [0, 0.1) is 12.8 Å². The number of hydrogen-bond acceptors (Lipinski definition) is 5. The maximum Gasteiger partial charge on any atom is 0.223 e. The standard InChI is InChI=1S/C24H28N4OS/c1-17-8-10-19(11-9-17)16-22-26-24(30-27-22)28-14-12-21(13-15-28)23(29)25-18(2)20-6-4-3-5-7-20/h3-11,18,21H,12-16H2,1-2H3,(H,25,29)/t18-/m1/s1. The average Bonchev–Trinajstić information content (AvgIpc) is 3.24. The first-order valence-corrected chi connectivity index (χ1v) is 11.3. The SMILES string of the molecule is Cc1ccc(Cc2nsc(N3CCC(C(=O)N[C@H](C)c4ccccc4)CC3)n2)cc1. The summed E-state index contributed by atoms with van der Waals surface area (Å²) in [5.41, 5.74) is 3.63. The van der Waals surface area contributed by atoms with Crippen LogP contribution in [0.25, 0.3) is 0 Å². The van der Waals surface area contributed by atoms with E-state index in [1.165, 1.54) is 22.7 Å². The molecule has 0 aliphatic carbocycles. The number of rotatable bonds is 6. The molecule has 1 atom stereocenters. The molecule has 5 nitrogen and oxygen atoms in total. The first kappa shape index (κ1) is 20.5. The summed E-state index contributed by atoms with van der Waals surface area (Å²) in [6, 6.07) is 18.7. The number of nitrogens with one attached hydrogen (secondary N) is 1. The Morgan fingerprint density at radius 2 is 1.83 bits per heavy atom. The van der Waals surface area contributed by atoms with Crippen LogP contribution in [0.3, 0.4) is 0 Å². The number of amides is 1. The number of piperidine rings is 1. The summed E-state index contributed by atoms with van der Waals surface area (Å²) < 4.78 is 4.55. The number of carbonyl (C=O) groups is 1. The molecule has 6 heteroatoms. The molecule has 0 saturated carbocycles. The lowest BCUT2D eigenvalue weighted by molar-refractivity contribution is -0.126. The summed E-state index contributed by atoms with van der Waals surface area (Å²) in [6.45, 7) is 5.82. The molecule has 1 aliphatic rings. The monoisotopic (exact) mass is 420 g/mol. The Hall–Kier alpha value is -2.73. The largest absolute Gasteiger partial charge is 0.349 e. The topological polar surface area (TPSA) is 58.1 Å². The molecule has 0 radical (unpaired) electrons. The van der Waals surface area contributed by atoms with E-state index < -0.39 is 0 Å². The van der Waals surface area contributed by atoms with Crippen LogP contribution in [0.1, 0.15) is 48.3 Å². The van der Waals surface area contributed by atoms with Crippen molar-refractivity contribution in [1.29, 1.82) is 0 Å². The van der Waals surface area contributed by atoms with E-state index in [1.54, 1.807) is 0 Å². The normalized spacial score (nSPS) is 15.7. The van der Waals surface area contributed by atoms with Crippen LogP contribution in [0.2, 0.25) is 0 Å². The van der Waals surface area contributed by atoms with Crippen molar-refractivity contribution < 1.29 is 4.79 Å². The molecule has 1 aliphatic heterocycles. The third-order valence-electron chi connectivity index (χ3n) is 5.73. The van der Waals surface area contributed by atoms with Crippen molar-refractivity contribution in [3.63, 3.8) is 0 Å². The van der Waals surface area contributed by atoms with Crippen LogP contribution in [0.5, 0.6) is 0 Å². The highest BCUT2D eigenvalue weighted by atomic mass is 32.1. The third-order valence-corrected chi connectivity index (χ3v) is 6.55. The van der Waals surface area contributed by atoms with E-state index in [0.717, 1.165) is 48.9 Å². The van der Waals surface area contributed by atoms with Crippen molar-refractivity contribution in [2.45, 2.75) is 39.2 Å². The molecule has 1 saturated heterocycles. The number of aryl methyl sites for hydroxylation is 1. The maximum atomic E-state index is 12.7. The molecule has 3 aromatic rings. The highest BCUT2D eigenvalue weighted by Gasteiger charge is 2.27. The molecule has 2 heterocycles. The van der Waals surface area contributed by atoms with Gasteiger partial charge in [0.15, 0.2) is 0 Å². The Bertz CT molecular complexity index is 962. The molecular formula is C24H28N4OS. The van der Waals surface area contributed by atoms with Gasteiger partial charge in [0, 0.05) is 37.0 Å². The summed E-state index contributed by atoms with van der Waals surface area (Å²) in [5.74, 6) is 1.09. The number of benzene rings is 2. The molecule has 1 fully saturated rings. The fraction of sp³-hybridized carbons (Fsp3) is 0.375. The molecule has 0 unspecified atom stereocenters. The smallest absolute Gasteiger partial charge is 0.223 e. The second-order valence-corrected chi connectivity index (χ2v) is 8.79. The van der Waals surface area contributed by atoms with Gasteiger partial charge in [0.25, 0.3) is 0 Å². The van der Waals surface area contributed by atoms with E-state index in [4.69, 9.17) is 4.98 Å². The van der Waals surface area contributed by atoms with E-state index in [2.05, 4.69) is 57.9 Å². The molecule has 1 N–H and O–H groups in total. The molecular weight excluding hydrogens is 392 g/mol. The fourth-order valence-electron chi connectivity index (χ4n) is 3.82. The Morgan fingerprint density at radius 1 is 1.13 bits per heavy atom. The van der Waals surface area contributed by atoms with Crippen LogP contribution >= 0.6 is 11.5 Å². The van der Waals surface area contributed by atoms with Gasteiger partial charge in [0.1, 0.15) is 5.82 Å². The Labute approximate surface area is 182 Å². The summed E-state index contributed by atoms with van der Waals surface area (Å²) in [7, 11) is 0. The predicted octanol–water partition coefficient (Wildman–Crippen LogP) is 4.53. The average molecular weight is 421 g/mol. The minimum Gasteiger partial charge on any atom is -0.349 e. The molecule has 0 bridgehead atoms. The van der Waals surface area contributed by atoms with Gasteiger partial charge in [-0.3, -0.25) is 4.79 Å². The lowest BCUT2D eigenvalue weighted by Gasteiger charge is -2.31. The zero-order chi connectivity index (χ0) is 20.9. The number of carbonyl (C=O) groups excluding carboxylic acids is 1. The highest BCUT2D eigenvalue weighted by Crippen LogP contribution is 2.26. The van der Waals surface area contributed by atoms with Crippen molar-refractivity contribution in [2.75, 3.05) is 18.0 Å². The minimum absolute atomic E-state index is 0.0317. The maximum absolute atomic E-state index is 12.7. The van der Waals surface area contributed by atoms with Crippen molar-refractivity contribution in [3.8, 4) is 0 Å². The van der Waals surface area contributed by atoms with Crippen LogP contribution in [-0.2, 0) is 11.2 Å². The number of nitrogens with zero attached hydrogens (tertiary/aromatic N) is 3. The molecule has 30 heavy (non-hydrogen) atoms. The van der Waals surface area contributed by atoms with Crippen LogP contribution in [0.15, 0.2) is 54.6 Å². The molecule has 1 amide bonds. The number of aromatic nitrogens is 2. The lowest BCUT2D eigenvalue weighted by Crippen LogP contribution is -2.41. The van der Waals surface area contributed by atoms with E-state index >= 15 is 0 Å². The van der Waals surface area contributed by atoms with Crippen LogP contribution in [-0.4, -0.2) is 28.4 Å². The number of hydrogen-bond donors (Lipinski definition) is 1. The van der Waals surface area contributed by atoms with Crippen LogP contribution in [0.4, 0.5) is 5.13 Å². The molecule has 1 aromatic heterocycles. The molecule has 2 aromatic carbocycles. The van der Waals surface area contributed by atoms with Gasteiger partial charge in [-0.2, -0.15) is 4.37 Å². The van der Waals surface area contributed by atoms with Gasteiger partial charge in [-0.25, -0.2) is 4.98 Å². The number of anilines is 1. The zero-order valence-corrected chi connectivity index (χ0v) is 18.4. The third kappa shape index (κ3) is 5.05. The first-order chi connectivity index (χ1) is 14.6. The molecule has 0 spiro atoms. The van der Waals surface area contributed by atoms with Crippen molar-refractivity contribution in [3.05, 3.63) is 77.1 Å². The first-order valence-electron chi connectivity index (χ1n) is 10.6. The Balaban J connectivity index is 1.28. The quantitative estimate of drug-likeness (QED) is 0.636. The van der Waals surface area contributed by atoms with E-state index in [1.807, 2.05) is 25.1 Å². The van der Waals surface area contributed by atoms with E-state index in [0.29, 0.717) is 0 Å². The van der Waals surface area contributed by atoms with Gasteiger partial charge in [0.2, 0.25) is 11.0 Å². The Morgan fingerprint density at radius 3 is 2.53 bits per heavy atom. The summed E-state index contributed by atoms with van der Waals surface area (Å²) in [4.78, 5) is 19.7. The van der Waals surface area contributed by atoms with Crippen molar-refractivity contribution >= 4 is 22.6 Å². The van der Waals surface area contributed by atoms with Crippen LogP contribution < -0.4 is 10.2 Å². The molecule has 156 valence electrons.